The Labute approximate surface area is 109 Å². The van der Waals surface area contributed by atoms with E-state index in [2.05, 4.69) is 6.07 Å². The van der Waals surface area contributed by atoms with Gasteiger partial charge < -0.3 is 0 Å². The zero-order chi connectivity index (χ0) is 12.3. The maximum atomic E-state index is 12.2. The Hall–Kier alpha value is -0.850. The number of hydrogen-bond donors (Lipinski definition) is 0. The van der Waals surface area contributed by atoms with E-state index < -0.39 is 10.8 Å². The molecule has 17 heavy (non-hydrogen) atoms. The highest BCUT2D eigenvalue weighted by Gasteiger charge is 2.31. The van der Waals surface area contributed by atoms with Crippen molar-refractivity contribution in [1.29, 1.82) is 5.26 Å². The molecule has 0 saturated heterocycles. The molecule has 2 rings (SSSR count). The van der Waals surface area contributed by atoms with Gasteiger partial charge in [-0.2, -0.15) is 5.26 Å². The van der Waals surface area contributed by atoms with Crippen LogP contribution < -0.4 is 0 Å². The Morgan fingerprint density at radius 2 is 2.18 bits per heavy atom. The van der Waals surface area contributed by atoms with Crippen molar-refractivity contribution in [2.45, 2.75) is 30.3 Å². The topological polar surface area (TPSA) is 40.9 Å². The lowest BCUT2D eigenvalue weighted by atomic mass is 10.1. The van der Waals surface area contributed by atoms with E-state index in [1.165, 1.54) is 0 Å². The zero-order valence-electron chi connectivity index (χ0n) is 9.43. The Morgan fingerprint density at radius 3 is 2.88 bits per heavy atom. The summed E-state index contributed by atoms with van der Waals surface area (Å²) in [6.45, 7) is 0. The van der Waals surface area contributed by atoms with Crippen LogP contribution in [-0.4, -0.2) is 9.46 Å². The Morgan fingerprint density at radius 1 is 1.41 bits per heavy atom. The predicted octanol–water partition coefficient (Wildman–Crippen LogP) is 3.28. The second-order valence-electron chi connectivity index (χ2n) is 4.32. The van der Waals surface area contributed by atoms with Crippen molar-refractivity contribution in [1.82, 2.24) is 0 Å². The molecule has 3 atom stereocenters. The third-order valence-electron chi connectivity index (χ3n) is 3.21. The Balaban J connectivity index is 2.07. The average molecular weight is 268 g/mol. The zero-order valence-corrected chi connectivity index (χ0v) is 11.0. The minimum atomic E-state index is -0.994. The van der Waals surface area contributed by atoms with Gasteiger partial charge in [-0.3, -0.25) is 4.21 Å². The van der Waals surface area contributed by atoms with Crippen molar-refractivity contribution in [3.63, 3.8) is 0 Å². The van der Waals surface area contributed by atoms with Crippen LogP contribution in [0.3, 0.4) is 0 Å². The van der Waals surface area contributed by atoms with Crippen molar-refractivity contribution in [3.8, 4) is 6.07 Å². The first-order valence-electron chi connectivity index (χ1n) is 5.72. The minimum Gasteiger partial charge on any atom is -0.259 e. The number of nitrogens with zero attached hydrogens (tertiary/aromatic N) is 1. The summed E-state index contributed by atoms with van der Waals surface area (Å²) in [6.07, 6.45) is 2.79. The lowest BCUT2D eigenvalue weighted by Crippen LogP contribution is -2.20. The van der Waals surface area contributed by atoms with Crippen molar-refractivity contribution >= 4 is 22.4 Å². The van der Waals surface area contributed by atoms with Crippen molar-refractivity contribution in [2.75, 3.05) is 0 Å². The van der Waals surface area contributed by atoms with Gasteiger partial charge in [0.1, 0.15) is 0 Å². The smallest absolute Gasteiger partial charge is 0.0668 e. The van der Waals surface area contributed by atoms with Gasteiger partial charge >= 0.3 is 0 Å². The van der Waals surface area contributed by atoms with Gasteiger partial charge in [0.2, 0.25) is 0 Å². The number of rotatable bonds is 3. The summed E-state index contributed by atoms with van der Waals surface area (Å²) >= 11 is 6.05. The van der Waals surface area contributed by atoms with Gasteiger partial charge in [-0.1, -0.05) is 36.2 Å². The van der Waals surface area contributed by atoms with Crippen LogP contribution in [-0.2, 0) is 16.6 Å². The minimum absolute atomic E-state index is 0.0243. The monoisotopic (exact) mass is 267 g/mol. The van der Waals surface area contributed by atoms with Crippen LogP contribution in [0, 0.1) is 17.2 Å². The van der Waals surface area contributed by atoms with Gasteiger partial charge in [-0.05, 0) is 24.5 Å². The summed E-state index contributed by atoms with van der Waals surface area (Å²) in [4.78, 5) is 0. The van der Waals surface area contributed by atoms with E-state index >= 15 is 0 Å². The fourth-order valence-corrected chi connectivity index (χ4v) is 4.31. The first-order chi connectivity index (χ1) is 8.22. The van der Waals surface area contributed by atoms with Crippen LogP contribution in [0.1, 0.15) is 24.8 Å². The van der Waals surface area contributed by atoms with Crippen LogP contribution in [0.4, 0.5) is 0 Å². The molecule has 3 unspecified atom stereocenters. The van der Waals surface area contributed by atoms with Crippen LogP contribution in [0.15, 0.2) is 24.3 Å². The largest absolute Gasteiger partial charge is 0.259 e. The molecule has 0 radical (unpaired) electrons. The lowest BCUT2D eigenvalue weighted by molar-refractivity contribution is 0.645. The van der Waals surface area contributed by atoms with E-state index in [1.54, 1.807) is 0 Å². The van der Waals surface area contributed by atoms with Crippen molar-refractivity contribution in [2.24, 2.45) is 5.92 Å². The molecule has 90 valence electrons. The first-order valence-corrected chi connectivity index (χ1v) is 7.48. The van der Waals surface area contributed by atoms with Gasteiger partial charge in [0.25, 0.3) is 0 Å². The first kappa shape index (κ1) is 12.6. The van der Waals surface area contributed by atoms with E-state index in [-0.39, 0.29) is 11.2 Å². The van der Waals surface area contributed by atoms with Crippen LogP contribution in [0.25, 0.3) is 0 Å². The molecule has 0 amide bonds. The van der Waals surface area contributed by atoms with E-state index in [0.717, 1.165) is 24.8 Å². The Bertz CT molecular complexity index is 469. The van der Waals surface area contributed by atoms with Gasteiger partial charge in [0.05, 0.1) is 23.0 Å². The van der Waals surface area contributed by atoms with Gasteiger partial charge in [0, 0.05) is 15.8 Å². The summed E-state index contributed by atoms with van der Waals surface area (Å²) in [6, 6.07) is 9.74. The molecule has 0 spiro atoms. The van der Waals surface area contributed by atoms with Crippen LogP contribution in [0.5, 0.6) is 0 Å². The summed E-state index contributed by atoms with van der Waals surface area (Å²) in [7, 11) is -0.994. The maximum absolute atomic E-state index is 12.2. The molecule has 1 aliphatic rings. The van der Waals surface area contributed by atoms with Gasteiger partial charge in [0.15, 0.2) is 0 Å². The molecule has 0 aliphatic heterocycles. The van der Waals surface area contributed by atoms with E-state index in [0.29, 0.717) is 10.8 Å². The lowest BCUT2D eigenvalue weighted by Gasteiger charge is -2.13. The number of hydrogen-bond acceptors (Lipinski definition) is 2. The van der Waals surface area contributed by atoms with E-state index in [4.69, 9.17) is 16.9 Å². The van der Waals surface area contributed by atoms with E-state index in [1.807, 2.05) is 24.3 Å². The highest BCUT2D eigenvalue weighted by atomic mass is 35.5. The number of nitriles is 1. The fraction of sp³-hybridized carbons (Fsp3) is 0.462. The highest BCUT2D eigenvalue weighted by molar-refractivity contribution is 7.84. The Kier molecular flexibility index (Phi) is 4.20. The molecule has 4 heteroatoms. The van der Waals surface area contributed by atoms with Crippen LogP contribution in [0.2, 0.25) is 5.02 Å². The molecule has 0 N–H and O–H groups in total. The second-order valence-corrected chi connectivity index (χ2v) is 6.38. The quantitative estimate of drug-likeness (QED) is 0.843. The SMILES string of the molecule is N#CC1CCCC1S(=O)Cc1ccccc1Cl. The molecule has 1 fully saturated rings. The molecule has 1 aromatic rings. The van der Waals surface area contributed by atoms with Crippen molar-refractivity contribution < 1.29 is 4.21 Å². The third-order valence-corrected chi connectivity index (χ3v) is 5.42. The fourth-order valence-electron chi connectivity index (χ4n) is 2.26. The van der Waals surface area contributed by atoms with Crippen molar-refractivity contribution in [3.05, 3.63) is 34.9 Å². The molecule has 1 aliphatic carbocycles. The van der Waals surface area contributed by atoms with Crippen LogP contribution >= 0.6 is 11.6 Å². The van der Waals surface area contributed by atoms with Gasteiger partial charge in [-0.25, -0.2) is 0 Å². The second kappa shape index (κ2) is 5.66. The molecular weight excluding hydrogens is 254 g/mol. The third kappa shape index (κ3) is 2.88. The molecular formula is C13H14ClNOS. The molecule has 1 aromatic carbocycles. The summed E-state index contributed by atoms with van der Waals surface area (Å²) in [5.74, 6) is 0.418. The molecule has 0 bridgehead atoms. The summed E-state index contributed by atoms with van der Waals surface area (Å²) in [5.41, 5.74) is 0.913. The summed E-state index contributed by atoms with van der Waals surface area (Å²) < 4.78 is 12.2. The average Bonchev–Trinajstić information content (AvgIpc) is 2.80. The predicted molar refractivity (Wildman–Crippen MR) is 70.0 cm³/mol. The molecule has 0 aromatic heterocycles. The summed E-state index contributed by atoms with van der Waals surface area (Å²) in [5, 5.41) is 9.68. The van der Waals surface area contributed by atoms with E-state index in [9.17, 15) is 4.21 Å². The highest BCUT2D eigenvalue weighted by Crippen LogP contribution is 2.31. The molecule has 1 saturated carbocycles. The molecule has 0 heterocycles. The maximum Gasteiger partial charge on any atom is 0.0668 e. The number of halogens is 1. The van der Waals surface area contributed by atoms with Gasteiger partial charge in [-0.15, -0.1) is 0 Å². The number of benzene rings is 1. The molecule has 2 nitrogen and oxygen atoms in total. The normalized spacial score (nSPS) is 25.4. The standard InChI is InChI=1S/C13H14ClNOS/c14-12-6-2-1-4-11(12)9-17(16)13-7-3-5-10(13)8-15/h1-2,4,6,10,13H,3,5,7,9H2.